The Morgan fingerprint density at radius 1 is 1.41 bits per heavy atom. The summed E-state index contributed by atoms with van der Waals surface area (Å²) in [7, 11) is 0. The van der Waals surface area contributed by atoms with Crippen molar-refractivity contribution < 1.29 is 9.94 Å². The molecule has 0 saturated carbocycles. The smallest absolute Gasteiger partial charge is 0.233 e. The monoisotopic (exact) mass is 250 g/mol. The van der Waals surface area contributed by atoms with E-state index in [0.717, 1.165) is 10.6 Å². The van der Waals surface area contributed by atoms with Gasteiger partial charge < -0.3 is 9.94 Å². The average Bonchev–Trinajstić information content (AvgIpc) is 2.55. The number of ether oxygens (including phenoxy) is 1. The van der Waals surface area contributed by atoms with E-state index in [-0.39, 0.29) is 0 Å². The molecule has 1 saturated heterocycles. The number of fused-ring (bicyclic) bond motifs is 1. The van der Waals surface area contributed by atoms with Crippen molar-refractivity contribution in [2.75, 3.05) is 6.61 Å². The summed E-state index contributed by atoms with van der Waals surface area (Å²) in [4.78, 5) is 5.39. The average molecular weight is 250 g/mol. The molecule has 2 aliphatic heterocycles. The van der Waals surface area contributed by atoms with Gasteiger partial charge in [0.15, 0.2) is 0 Å². The first-order valence-corrected chi connectivity index (χ1v) is 6.32. The maximum atomic E-state index is 10.3. The minimum absolute atomic E-state index is 0.398. The van der Waals surface area contributed by atoms with Gasteiger partial charge in [-0.3, -0.25) is 4.99 Å². The van der Waals surface area contributed by atoms with Gasteiger partial charge in [0.05, 0.1) is 24.0 Å². The van der Waals surface area contributed by atoms with Gasteiger partial charge in [-0.15, -0.1) is 5.06 Å². The fourth-order valence-electron chi connectivity index (χ4n) is 1.97. The van der Waals surface area contributed by atoms with E-state index in [2.05, 4.69) is 4.99 Å². The lowest BCUT2D eigenvalue weighted by molar-refractivity contribution is -0.179. The molecule has 1 N–H and O–H groups in total. The van der Waals surface area contributed by atoms with E-state index in [9.17, 15) is 5.21 Å². The standard InChI is InChI=1S/C12H14N2O2S/c1-11(2)8-16-12(14(11)15)7-13-9-5-3-4-6-10(9)17-12/h3-7,15H,8H2,1-2H3/t12-/m0/s1. The lowest BCUT2D eigenvalue weighted by Crippen LogP contribution is -2.49. The highest BCUT2D eigenvalue weighted by molar-refractivity contribution is 8.01. The number of para-hydroxylation sites is 1. The van der Waals surface area contributed by atoms with Crippen LogP contribution in [0.1, 0.15) is 13.8 Å². The maximum Gasteiger partial charge on any atom is 0.233 e. The van der Waals surface area contributed by atoms with Crippen LogP contribution in [0, 0.1) is 0 Å². The van der Waals surface area contributed by atoms with Crippen LogP contribution in [0.15, 0.2) is 34.2 Å². The summed E-state index contributed by atoms with van der Waals surface area (Å²) in [5.74, 6) is 0. The molecule has 0 amide bonds. The van der Waals surface area contributed by atoms with Gasteiger partial charge in [0.2, 0.25) is 5.06 Å². The predicted molar refractivity (Wildman–Crippen MR) is 66.8 cm³/mol. The van der Waals surface area contributed by atoms with Crippen LogP contribution < -0.4 is 0 Å². The van der Waals surface area contributed by atoms with Gasteiger partial charge in [0.25, 0.3) is 0 Å². The molecule has 17 heavy (non-hydrogen) atoms. The molecule has 1 aromatic carbocycles. The number of nitrogens with zero attached hydrogens (tertiary/aromatic N) is 2. The van der Waals surface area contributed by atoms with Crippen molar-refractivity contribution in [1.82, 2.24) is 5.06 Å². The topological polar surface area (TPSA) is 45.1 Å². The van der Waals surface area contributed by atoms with Gasteiger partial charge in [-0.1, -0.05) is 23.9 Å². The molecule has 0 unspecified atom stereocenters. The van der Waals surface area contributed by atoms with E-state index in [1.165, 1.54) is 16.8 Å². The van der Waals surface area contributed by atoms with Gasteiger partial charge in [-0.25, -0.2) is 0 Å². The molecule has 1 fully saturated rings. The second kappa shape index (κ2) is 3.55. The highest BCUT2D eigenvalue weighted by atomic mass is 32.2. The van der Waals surface area contributed by atoms with Crippen LogP contribution in [0.4, 0.5) is 5.69 Å². The Balaban J connectivity index is 2.00. The van der Waals surface area contributed by atoms with Crippen molar-refractivity contribution in [2.45, 2.75) is 29.3 Å². The second-order valence-corrected chi connectivity index (χ2v) is 6.10. The van der Waals surface area contributed by atoms with Crippen LogP contribution in [0.3, 0.4) is 0 Å². The predicted octanol–water partition coefficient (Wildman–Crippen LogP) is 2.65. The molecule has 2 aliphatic rings. The van der Waals surface area contributed by atoms with Gasteiger partial charge in [-0.05, 0) is 26.0 Å². The molecule has 0 aromatic heterocycles. The van der Waals surface area contributed by atoms with Crippen LogP contribution in [-0.4, -0.2) is 33.7 Å². The zero-order valence-electron chi connectivity index (χ0n) is 9.75. The number of hydrogen-bond acceptors (Lipinski definition) is 5. The normalized spacial score (nSPS) is 30.8. The second-order valence-electron chi connectivity index (χ2n) is 4.87. The zero-order chi connectivity index (χ0) is 12.1. The first kappa shape index (κ1) is 11.2. The molecule has 2 heterocycles. The molecule has 0 bridgehead atoms. The molecule has 1 spiro atoms. The fourth-order valence-corrected chi connectivity index (χ4v) is 3.22. The van der Waals surface area contributed by atoms with E-state index in [1.54, 1.807) is 6.21 Å². The number of hydrogen-bond donors (Lipinski definition) is 1. The van der Waals surface area contributed by atoms with Crippen LogP contribution >= 0.6 is 11.8 Å². The van der Waals surface area contributed by atoms with Crippen molar-refractivity contribution in [3.05, 3.63) is 24.3 Å². The van der Waals surface area contributed by atoms with E-state index < -0.39 is 10.6 Å². The molecule has 1 aromatic rings. The van der Waals surface area contributed by atoms with Crippen LogP contribution in [0.5, 0.6) is 0 Å². The Kier molecular flexibility index (Phi) is 2.35. The van der Waals surface area contributed by atoms with Crippen molar-refractivity contribution >= 4 is 23.7 Å². The summed E-state index contributed by atoms with van der Waals surface area (Å²) < 4.78 is 5.76. The lowest BCUT2D eigenvalue weighted by Gasteiger charge is -2.35. The summed E-state index contributed by atoms with van der Waals surface area (Å²) in [5, 5.41) is 10.6. The van der Waals surface area contributed by atoms with E-state index in [4.69, 9.17) is 4.74 Å². The lowest BCUT2D eigenvalue weighted by atomic mass is 10.1. The molecule has 0 radical (unpaired) electrons. The van der Waals surface area contributed by atoms with Gasteiger partial charge in [0, 0.05) is 4.90 Å². The first-order chi connectivity index (χ1) is 8.04. The SMILES string of the molecule is CC1(C)CO[C@]2(C=Nc3ccccc3S2)N1O. The maximum absolute atomic E-state index is 10.3. The van der Waals surface area contributed by atoms with Crippen molar-refractivity contribution in [3.8, 4) is 0 Å². The first-order valence-electron chi connectivity index (χ1n) is 5.50. The van der Waals surface area contributed by atoms with Crippen molar-refractivity contribution in [2.24, 2.45) is 4.99 Å². The largest absolute Gasteiger partial charge is 0.342 e. The molecule has 90 valence electrons. The number of benzene rings is 1. The van der Waals surface area contributed by atoms with Crippen molar-refractivity contribution in [3.63, 3.8) is 0 Å². The molecule has 0 aliphatic carbocycles. The quantitative estimate of drug-likeness (QED) is 0.769. The summed E-state index contributed by atoms with van der Waals surface area (Å²) in [6.45, 7) is 4.36. The van der Waals surface area contributed by atoms with Gasteiger partial charge >= 0.3 is 0 Å². The summed E-state index contributed by atoms with van der Waals surface area (Å²) in [6.07, 6.45) is 1.68. The van der Waals surface area contributed by atoms with E-state index in [1.807, 2.05) is 38.1 Å². The van der Waals surface area contributed by atoms with E-state index >= 15 is 0 Å². The fraction of sp³-hybridized carbons (Fsp3) is 0.417. The Bertz CT molecular complexity index is 489. The summed E-state index contributed by atoms with van der Waals surface area (Å²) in [6, 6.07) is 7.85. The third-order valence-corrected chi connectivity index (χ3v) is 4.24. The third-order valence-electron chi connectivity index (χ3n) is 2.99. The molecule has 1 atom stereocenters. The van der Waals surface area contributed by atoms with Crippen LogP contribution in [0.2, 0.25) is 0 Å². The molecular weight excluding hydrogens is 236 g/mol. The van der Waals surface area contributed by atoms with Crippen molar-refractivity contribution in [1.29, 1.82) is 0 Å². The Hall–Kier alpha value is -0.880. The Morgan fingerprint density at radius 3 is 2.88 bits per heavy atom. The van der Waals surface area contributed by atoms with E-state index in [0.29, 0.717) is 6.61 Å². The minimum atomic E-state index is -0.877. The Morgan fingerprint density at radius 2 is 2.18 bits per heavy atom. The Labute approximate surface area is 104 Å². The number of rotatable bonds is 0. The summed E-state index contributed by atoms with van der Waals surface area (Å²) >= 11 is 1.48. The molecule has 3 rings (SSSR count). The molecule has 4 nitrogen and oxygen atoms in total. The van der Waals surface area contributed by atoms with Crippen LogP contribution in [0.25, 0.3) is 0 Å². The number of aliphatic imine (C=N–C) groups is 1. The highest BCUT2D eigenvalue weighted by Gasteiger charge is 2.53. The number of thioether (sulfide) groups is 1. The van der Waals surface area contributed by atoms with Crippen LogP contribution in [-0.2, 0) is 4.74 Å². The zero-order valence-corrected chi connectivity index (χ0v) is 10.6. The molecule has 5 heteroatoms. The summed E-state index contributed by atoms with van der Waals surface area (Å²) in [5.41, 5.74) is 0.524. The minimum Gasteiger partial charge on any atom is -0.342 e. The van der Waals surface area contributed by atoms with Gasteiger partial charge in [-0.2, -0.15) is 0 Å². The third kappa shape index (κ3) is 1.62. The highest BCUT2D eigenvalue weighted by Crippen LogP contribution is 2.48. The van der Waals surface area contributed by atoms with Gasteiger partial charge in [0.1, 0.15) is 0 Å². The number of hydroxylamine groups is 2. The molecular formula is C12H14N2O2S.